The van der Waals surface area contributed by atoms with Crippen molar-refractivity contribution in [3.05, 3.63) is 64.7 Å². The van der Waals surface area contributed by atoms with Crippen LogP contribution in [0.5, 0.6) is 0 Å². The van der Waals surface area contributed by atoms with E-state index in [-0.39, 0.29) is 35.4 Å². The van der Waals surface area contributed by atoms with Gasteiger partial charge in [0.2, 0.25) is 15.9 Å². The molecule has 1 aliphatic heterocycles. The Bertz CT molecular complexity index is 1080. The number of ether oxygens (including phenoxy) is 1. The van der Waals surface area contributed by atoms with E-state index in [0.717, 1.165) is 5.56 Å². The van der Waals surface area contributed by atoms with Crippen molar-refractivity contribution in [2.75, 3.05) is 26.3 Å². The summed E-state index contributed by atoms with van der Waals surface area (Å²) in [6, 6.07) is 12.2. The van der Waals surface area contributed by atoms with E-state index in [4.69, 9.17) is 16.3 Å². The maximum absolute atomic E-state index is 12.9. The Labute approximate surface area is 199 Å². The van der Waals surface area contributed by atoms with E-state index in [0.29, 0.717) is 24.8 Å². The number of carbonyl (C=O) groups excluding carboxylic acids is 2. The first kappa shape index (κ1) is 25.2. The van der Waals surface area contributed by atoms with Crippen LogP contribution >= 0.6 is 11.6 Å². The summed E-state index contributed by atoms with van der Waals surface area (Å²) < 4.78 is 32.4. The van der Waals surface area contributed by atoms with Gasteiger partial charge in [-0.25, -0.2) is 8.42 Å². The third-order valence-corrected chi connectivity index (χ3v) is 7.47. The molecule has 10 heteroatoms. The fourth-order valence-electron chi connectivity index (χ4n) is 3.39. The fraction of sp³-hybridized carbons (Fsp3) is 0.391. The zero-order valence-corrected chi connectivity index (χ0v) is 20.2. The summed E-state index contributed by atoms with van der Waals surface area (Å²) in [4.78, 5) is 25.7. The Morgan fingerprint density at radius 2 is 1.76 bits per heavy atom. The second-order valence-electron chi connectivity index (χ2n) is 8.08. The molecule has 2 aromatic rings. The molecule has 3 rings (SSSR count). The van der Waals surface area contributed by atoms with Gasteiger partial charge in [0, 0.05) is 30.2 Å². The van der Waals surface area contributed by atoms with Crippen LogP contribution < -0.4 is 10.6 Å². The van der Waals surface area contributed by atoms with Crippen LogP contribution in [0.1, 0.15) is 29.8 Å². The molecule has 0 radical (unpaired) electrons. The monoisotopic (exact) mass is 493 g/mol. The predicted molar refractivity (Wildman–Crippen MR) is 125 cm³/mol. The molecule has 1 saturated heterocycles. The zero-order chi connectivity index (χ0) is 24.0. The van der Waals surface area contributed by atoms with Crippen molar-refractivity contribution in [3.63, 3.8) is 0 Å². The maximum atomic E-state index is 12.9. The standard InChI is InChI=1S/C23H28ClN3O5S/c1-16(2)21(23(29)25-15-17-6-8-19(24)9-7-17)26-22(28)18-4-3-5-20(14-18)33(30,31)27-10-12-32-13-11-27/h3-9,14,16,21H,10-13,15H2,1-2H3,(H,25,29)(H,26,28)/t21-/m1/s1. The van der Waals surface area contributed by atoms with Crippen LogP contribution in [-0.2, 0) is 26.1 Å². The van der Waals surface area contributed by atoms with Crippen LogP contribution in [0.15, 0.2) is 53.4 Å². The highest BCUT2D eigenvalue weighted by Crippen LogP contribution is 2.19. The van der Waals surface area contributed by atoms with E-state index >= 15 is 0 Å². The van der Waals surface area contributed by atoms with Crippen molar-refractivity contribution in [3.8, 4) is 0 Å². The molecule has 1 fully saturated rings. The largest absolute Gasteiger partial charge is 0.379 e. The molecule has 0 aromatic heterocycles. The number of nitrogens with one attached hydrogen (secondary N) is 2. The lowest BCUT2D eigenvalue weighted by Crippen LogP contribution is -2.49. The molecule has 2 amide bonds. The topological polar surface area (TPSA) is 105 Å². The van der Waals surface area contributed by atoms with Gasteiger partial charge in [0.25, 0.3) is 5.91 Å². The van der Waals surface area contributed by atoms with E-state index in [2.05, 4.69) is 10.6 Å². The number of amides is 2. The molecule has 0 aliphatic carbocycles. The quantitative estimate of drug-likeness (QED) is 0.587. The zero-order valence-electron chi connectivity index (χ0n) is 18.6. The normalized spacial score (nSPS) is 15.8. The van der Waals surface area contributed by atoms with Crippen molar-refractivity contribution >= 4 is 33.4 Å². The van der Waals surface area contributed by atoms with E-state index in [1.807, 2.05) is 26.0 Å². The molecule has 0 unspecified atom stereocenters. The van der Waals surface area contributed by atoms with Crippen molar-refractivity contribution in [2.24, 2.45) is 5.92 Å². The van der Waals surface area contributed by atoms with Gasteiger partial charge < -0.3 is 15.4 Å². The second-order valence-corrected chi connectivity index (χ2v) is 10.5. The van der Waals surface area contributed by atoms with Gasteiger partial charge >= 0.3 is 0 Å². The third kappa shape index (κ3) is 6.54. The number of carbonyl (C=O) groups is 2. The molecule has 178 valence electrons. The van der Waals surface area contributed by atoms with E-state index in [1.165, 1.54) is 28.6 Å². The molecule has 0 bridgehead atoms. The number of halogens is 1. The number of rotatable bonds is 8. The summed E-state index contributed by atoms with van der Waals surface area (Å²) in [5.41, 5.74) is 1.04. The highest BCUT2D eigenvalue weighted by molar-refractivity contribution is 7.89. The van der Waals surface area contributed by atoms with Crippen LogP contribution in [0.25, 0.3) is 0 Å². The Hall–Kier alpha value is -2.46. The molecule has 1 atom stereocenters. The molecular formula is C23H28ClN3O5S. The van der Waals surface area contributed by atoms with E-state index in [1.54, 1.807) is 12.1 Å². The molecule has 0 spiro atoms. The second kappa shape index (κ2) is 11.1. The van der Waals surface area contributed by atoms with Gasteiger partial charge in [0.05, 0.1) is 18.1 Å². The predicted octanol–water partition coefficient (Wildman–Crippen LogP) is 2.43. The van der Waals surface area contributed by atoms with Gasteiger partial charge in [-0.05, 0) is 41.8 Å². The smallest absolute Gasteiger partial charge is 0.251 e. The number of hydrogen-bond donors (Lipinski definition) is 2. The van der Waals surface area contributed by atoms with Crippen LogP contribution in [0.4, 0.5) is 0 Å². The summed E-state index contributed by atoms with van der Waals surface area (Å²) in [5.74, 6) is -1.03. The van der Waals surface area contributed by atoms with Crippen LogP contribution in [-0.4, -0.2) is 56.9 Å². The molecule has 1 heterocycles. The molecule has 2 aromatic carbocycles. The van der Waals surface area contributed by atoms with Gasteiger partial charge in [0.1, 0.15) is 6.04 Å². The molecule has 2 N–H and O–H groups in total. The molecule has 33 heavy (non-hydrogen) atoms. The molecule has 8 nitrogen and oxygen atoms in total. The van der Waals surface area contributed by atoms with Gasteiger partial charge in [-0.2, -0.15) is 4.31 Å². The van der Waals surface area contributed by atoms with Crippen molar-refractivity contribution in [1.29, 1.82) is 0 Å². The summed E-state index contributed by atoms with van der Waals surface area (Å²) in [7, 11) is -3.74. The highest BCUT2D eigenvalue weighted by Gasteiger charge is 2.28. The van der Waals surface area contributed by atoms with E-state index < -0.39 is 22.0 Å². The number of benzene rings is 2. The fourth-order valence-corrected chi connectivity index (χ4v) is 4.98. The SMILES string of the molecule is CC(C)[C@@H](NC(=O)c1cccc(S(=O)(=O)N2CCOCC2)c1)C(=O)NCc1ccc(Cl)cc1. The number of sulfonamides is 1. The maximum Gasteiger partial charge on any atom is 0.251 e. The average Bonchev–Trinajstić information content (AvgIpc) is 2.82. The average molecular weight is 494 g/mol. The first-order valence-electron chi connectivity index (χ1n) is 10.7. The number of nitrogens with zero attached hydrogens (tertiary/aromatic N) is 1. The van der Waals surface area contributed by atoms with Crippen LogP contribution in [0, 0.1) is 5.92 Å². The van der Waals surface area contributed by atoms with Crippen molar-refractivity contribution in [2.45, 2.75) is 31.3 Å². The molecular weight excluding hydrogens is 466 g/mol. The Kier molecular flexibility index (Phi) is 8.47. The number of hydrogen-bond acceptors (Lipinski definition) is 5. The summed E-state index contributed by atoms with van der Waals surface area (Å²) in [5, 5.41) is 6.17. The van der Waals surface area contributed by atoms with Crippen molar-refractivity contribution in [1.82, 2.24) is 14.9 Å². The van der Waals surface area contributed by atoms with Crippen molar-refractivity contribution < 1.29 is 22.7 Å². The van der Waals surface area contributed by atoms with Gasteiger partial charge in [-0.15, -0.1) is 0 Å². The highest BCUT2D eigenvalue weighted by atomic mass is 35.5. The Balaban J connectivity index is 1.69. The lowest BCUT2D eigenvalue weighted by atomic mass is 10.0. The lowest BCUT2D eigenvalue weighted by Gasteiger charge is -2.26. The Morgan fingerprint density at radius 1 is 1.09 bits per heavy atom. The minimum absolute atomic E-state index is 0.0327. The van der Waals surface area contributed by atoms with Crippen LogP contribution in [0.2, 0.25) is 5.02 Å². The summed E-state index contributed by atoms with van der Waals surface area (Å²) in [6.45, 7) is 5.14. The van der Waals surface area contributed by atoms with Gasteiger partial charge in [-0.3, -0.25) is 9.59 Å². The molecule has 0 saturated carbocycles. The summed E-state index contributed by atoms with van der Waals surface area (Å²) in [6.07, 6.45) is 0. The van der Waals surface area contributed by atoms with Crippen LogP contribution in [0.3, 0.4) is 0 Å². The minimum atomic E-state index is -3.74. The number of morpholine rings is 1. The van der Waals surface area contributed by atoms with Gasteiger partial charge in [0.15, 0.2) is 0 Å². The first-order chi connectivity index (χ1) is 15.7. The first-order valence-corrected chi connectivity index (χ1v) is 12.5. The third-order valence-electron chi connectivity index (χ3n) is 5.32. The minimum Gasteiger partial charge on any atom is -0.379 e. The Morgan fingerprint density at radius 3 is 2.39 bits per heavy atom. The molecule has 1 aliphatic rings. The van der Waals surface area contributed by atoms with E-state index in [9.17, 15) is 18.0 Å². The summed E-state index contributed by atoms with van der Waals surface area (Å²) >= 11 is 5.88. The lowest BCUT2D eigenvalue weighted by molar-refractivity contribution is -0.124. The van der Waals surface area contributed by atoms with Gasteiger partial charge in [-0.1, -0.05) is 43.6 Å².